The first kappa shape index (κ1) is 109. The highest BCUT2D eigenvalue weighted by atomic mass is 32.2. The zero-order valence-corrected chi connectivity index (χ0v) is 73.6. The molecule has 676 valence electrons. The summed E-state index contributed by atoms with van der Waals surface area (Å²) in [6, 6.07) is -7.85. The number of rotatable bonds is 63. The van der Waals surface area contributed by atoms with Crippen LogP contribution in [0.3, 0.4) is 0 Å². The Labute approximate surface area is 684 Å². The molecule has 0 heterocycles. The van der Waals surface area contributed by atoms with Crippen molar-refractivity contribution in [3.8, 4) is 0 Å². The second kappa shape index (κ2) is 52.8. The highest BCUT2D eigenvalue weighted by molar-refractivity contribution is 7.90. The maximum atomic E-state index is 14.3. The Morgan fingerprint density at radius 1 is 0.379 bits per heavy atom. The lowest BCUT2D eigenvalue weighted by Gasteiger charge is -2.32. The zero-order valence-electron chi connectivity index (χ0n) is 68.7. The third-order valence-corrected chi connectivity index (χ3v) is 26.3. The lowest BCUT2D eigenvalue weighted by atomic mass is 10.0. The Bertz CT molecular complexity index is 3940. The van der Waals surface area contributed by atoms with Crippen LogP contribution in [0, 0.1) is 17.8 Å². The van der Waals surface area contributed by atoms with Crippen LogP contribution in [0.25, 0.3) is 0 Å². The Hall–Kier alpha value is -7.09. The van der Waals surface area contributed by atoms with Gasteiger partial charge in [-0.3, -0.25) is 53.3 Å². The van der Waals surface area contributed by atoms with Gasteiger partial charge in [-0.15, -0.1) is 0 Å². The number of carboxylic acid groups (broad SMARTS) is 1. The summed E-state index contributed by atoms with van der Waals surface area (Å²) in [6.45, 7) is 3.95. The van der Waals surface area contributed by atoms with E-state index in [1.54, 1.807) is 48.5 Å². The molecule has 0 aromatic rings. The number of guanidine groups is 3. The molecule has 46 nitrogen and oxygen atoms in total. The van der Waals surface area contributed by atoms with E-state index in [1.807, 2.05) is 0 Å². The number of nitrogens with one attached hydrogen (secondary N) is 7. The van der Waals surface area contributed by atoms with Crippen LogP contribution < -0.4 is 83.1 Å². The number of aliphatic imine (C=N–C) groups is 3. The normalized spacial score (nSPS) is 14.7. The SMILES string of the molecule is CC(=O)N[C@@H](CCC(=O)O)CN(CC(=O)N[C@@H](CCCN=C(N)N)CN(CC(=O)N[C@@H](CCCN=C(N)N)CN(CC(=O)N[C@@H](CC(C)C)CN(CC(=O)N[C@H](CN(CC(=O)N[C@@H](CC(C)C)CN(CC(=O)N[C@H](C)CCCN=C(N)N)S(=O)(=O)CCN)S(=O)(=O)CC(C)C)C(C)O)S(=O)(=O)CCN)S(C)(=O)=O)S(C)(=O)=O)S(C)(=O)=O. The molecule has 7 amide bonds. The van der Waals surface area contributed by atoms with Gasteiger partial charge in [-0.05, 0) is 89.4 Å². The molecule has 0 aliphatic rings. The van der Waals surface area contributed by atoms with E-state index in [0.29, 0.717) is 34.4 Å². The van der Waals surface area contributed by atoms with Crippen molar-refractivity contribution < 1.29 is 99.1 Å². The topological polar surface area (TPSA) is 731 Å². The van der Waals surface area contributed by atoms with Crippen molar-refractivity contribution in [2.45, 2.75) is 175 Å². The largest absolute Gasteiger partial charge is 0.481 e. The summed E-state index contributed by atoms with van der Waals surface area (Å²) >= 11 is 0. The first-order chi connectivity index (χ1) is 53.3. The standard InChI is InChI=1S/C64H132N24O22S6/c1-43(2)28-52(34-87(115(107,108)27-22-66)41-60(96)82-54(47(8)89)35-88(116(109,110)42-45(5)6)40-59(95)81-53(29-44(3)4)33-86(114(105,106)26-21-65)39-55(91)76-46(7)16-13-23-73-62(67)68)80-58(94)38-84(112(11,101)102)31-50(18-15-25-75-64(71)72)78-56(92)36-83(111(10,99)100)30-49(17-14-24-74-63(69)70)79-57(93)37-85(113(12,103)104)32-51(77-48(9)90)19-20-61(97)98/h43-47,49-54,89H,13-42,65-66H2,1-12H3,(H,76,91)(H,77,90)(H,78,92)(H,79,93)(H,80,94)(H,81,95)(H,82,96)(H,97,98)(H4,67,68,73)(H4,69,70,74)(H4,71,72,75)/t46-,47?,49+,50+,51+,52+,53+,54-/m1/s1. The number of hydrogen-bond acceptors (Lipinski definition) is 26. The molecule has 0 bridgehead atoms. The van der Waals surface area contributed by atoms with Gasteiger partial charge in [0.2, 0.25) is 101 Å². The van der Waals surface area contributed by atoms with Crippen LogP contribution in [0.1, 0.15) is 127 Å². The summed E-state index contributed by atoms with van der Waals surface area (Å²) in [5.41, 5.74) is 44.3. The highest BCUT2D eigenvalue weighted by Crippen LogP contribution is 2.18. The first-order valence-corrected chi connectivity index (χ1v) is 48.0. The minimum atomic E-state index is -4.57. The fourth-order valence-electron chi connectivity index (χ4n) is 11.7. The van der Waals surface area contributed by atoms with E-state index >= 15 is 0 Å². The number of carbonyl (C=O) groups is 8. The summed E-state index contributed by atoms with van der Waals surface area (Å²) in [4.78, 5) is 119. The molecule has 0 saturated heterocycles. The number of carboxylic acids is 1. The van der Waals surface area contributed by atoms with E-state index in [-0.39, 0.29) is 101 Å². The Morgan fingerprint density at radius 2 is 0.672 bits per heavy atom. The second-order valence-corrected chi connectivity index (χ2v) is 41.9. The number of nitrogens with zero attached hydrogens (tertiary/aromatic N) is 9. The van der Waals surface area contributed by atoms with E-state index in [0.717, 1.165) is 30.0 Å². The third kappa shape index (κ3) is 49.3. The molecule has 52 heteroatoms. The van der Waals surface area contributed by atoms with Gasteiger partial charge >= 0.3 is 5.97 Å². The number of amides is 7. The molecule has 0 aromatic heterocycles. The summed E-state index contributed by atoms with van der Waals surface area (Å²) in [5.74, 6) is -11.5. The van der Waals surface area contributed by atoms with Crippen molar-refractivity contribution in [1.82, 2.24) is 63.0 Å². The molecule has 0 aliphatic heterocycles. The number of hydrogen-bond donors (Lipinski definition) is 17. The molecular formula is C64H132N24O22S6. The van der Waals surface area contributed by atoms with E-state index in [1.165, 1.54) is 6.92 Å². The maximum absolute atomic E-state index is 14.3. The predicted octanol–water partition coefficient (Wildman–Crippen LogP) is -8.83. The highest BCUT2D eigenvalue weighted by Gasteiger charge is 2.37. The fourth-order valence-corrected chi connectivity index (χ4v) is 18.5. The molecular weight excluding hydrogens is 1650 g/mol. The zero-order chi connectivity index (χ0) is 89.5. The number of carbonyl (C=O) groups excluding carboxylic acids is 7. The monoisotopic (exact) mass is 1780 g/mol. The van der Waals surface area contributed by atoms with Crippen molar-refractivity contribution in [3.05, 3.63) is 0 Å². The first-order valence-electron chi connectivity index (χ1n) is 37.6. The minimum absolute atomic E-state index is 0.0313. The van der Waals surface area contributed by atoms with Crippen molar-refractivity contribution in [2.75, 3.05) is 147 Å². The van der Waals surface area contributed by atoms with Gasteiger partial charge in [-0.2, -0.15) is 25.8 Å². The second-order valence-electron chi connectivity index (χ2n) is 29.8. The molecule has 0 radical (unpaired) electrons. The van der Waals surface area contributed by atoms with Gasteiger partial charge in [0.1, 0.15) is 0 Å². The summed E-state index contributed by atoms with van der Waals surface area (Å²) < 4.78 is 169. The molecule has 0 aromatic carbocycles. The number of nitrogens with two attached hydrogens (primary N) is 8. The molecule has 25 N–H and O–H groups in total. The van der Waals surface area contributed by atoms with Gasteiger partial charge in [0.05, 0.1) is 87.4 Å². The van der Waals surface area contributed by atoms with Gasteiger partial charge in [0.25, 0.3) is 0 Å². The van der Waals surface area contributed by atoms with Crippen molar-refractivity contribution in [2.24, 2.45) is 78.6 Å². The van der Waals surface area contributed by atoms with Crippen LogP contribution in [0.4, 0.5) is 0 Å². The number of aliphatic hydroxyl groups excluding tert-OH is 1. The average Bonchev–Trinajstić information content (AvgIpc) is 0.827. The molecule has 8 atom stereocenters. The smallest absolute Gasteiger partial charge is 0.303 e. The average molecular weight is 1780 g/mol. The van der Waals surface area contributed by atoms with Crippen LogP contribution in [-0.4, -0.2) is 347 Å². The van der Waals surface area contributed by atoms with Crippen LogP contribution in [0.15, 0.2) is 15.0 Å². The number of aliphatic carboxylic acids is 1. The molecule has 0 fully saturated rings. The molecule has 0 saturated carbocycles. The van der Waals surface area contributed by atoms with Gasteiger partial charge in [-0.25, -0.2) is 50.5 Å². The molecule has 1 unspecified atom stereocenters. The maximum Gasteiger partial charge on any atom is 0.303 e. The van der Waals surface area contributed by atoms with Gasteiger partial charge in [-0.1, -0.05) is 41.5 Å². The molecule has 116 heavy (non-hydrogen) atoms. The van der Waals surface area contributed by atoms with Crippen molar-refractivity contribution in [3.63, 3.8) is 0 Å². The summed E-state index contributed by atoms with van der Waals surface area (Å²) in [7, 11) is -26.5. The van der Waals surface area contributed by atoms with Crippen LogP contribution in [-0.2, 0) is 98.5 Å². The van der Waals surface area contributed by atoms with Crippen molar-refractivity contribution >= 4 is 125 Å². The lowest BCUT2D eigenvalue weighted by molar-refractivity contribution is -0.137. The third-order valence-electron chi connectivity index (χ3n) is 16.8. The number of aliphatic hydroxyl groups is 1. The van der Waals surface area contributed by atoms with Crippen LogP contribution in [0.5, 0.6) is 0 Å². The van der Waals surface area contributed by atoms with E-state index in [2.05, 4.69) is 52.2 Å². The Kier molecular flexibility index (Phi) is 49.5. The minimum Gasteiger partial charge on any atom is -0.481 e. The quantitative estimate of drug-likeness (QED) is 0.0153. The molecule has 0 aliphatic carbocycles. The van der Waals surface area contributed by atoms with Gasteiger partial charge in [0, 0.05) is 122 Å². The van der Waals surface area contributed by atoms with E-state index < -0.39 is 271 Å². The molecule has 0 rings (SSSR count). The summed E-state index contributed by atoms with van der Waals surface area (Å²) in [6.07, 6.45) is 0.746. The Balaban J connectivity index is 7.37. The summed E-state index contributed by atoms with van der Waals surface area (Å²) in [5, 5.41) is 38.7. The predicted molar refractivity (Wildman–Crippen MR) is 440 cm³/mol. The van der Waals surface area contributed by atoms with E-state index in [9.17, 15) is 99.1 Å². The van der Waals surface area contributed by atoms with E-state index in [4.69, 9.17) is 45.9 Å². The molecule has 0 spiro atoms. The van der Waals surface area contributed by atoms with Gasteiger partial charge in [0.15, 0.2) is 17.9 Å². The number of sulfonamides is 6. The van der Waals surface area contributed by atoms with Crippen LogP contribution >= 0.6 is 0 Å². The fraction of sp³-hybridized carbons (Fsp3) is 0.828. The lowest BCUT2D eigenvalue weighted by Crippen LogP contribution is -2.57. The van der Waals surface area contributed by atoms with Crippen LogP contribution in [0.2, 0.25) is 0 Å². The Morgan fingerprint density at radius 3 is 0.966 bits per heavy atom. The van der Waals surface area contributed by atoms with Crippen molar-refractivity contribution in [1.29, 1.82) is 0 Å². The van der Waals surface area contributed by atoms with Gasteiger partial charge < -0.3 is 93.3 Å².